The zero-order valence-electron chi connectivity index (χ0n) is 5.74. The van der Waals surface area contributed by atoms with Gasteiger partial charge in [-0.15, -0.1) is 24.4 Å². The third-order valence-electron chi connectivity index (χ3n) is 0.814. The van der Waals surface area contributed by atoms with Crippen LogP contribution in [0.5, 0.6) is 0 Å². The molecule has 60 valence electrons. The summed E-state index contributed by atoms with van der Waals surface area (Å²) in [5.41, 5.74) is 2.59. The summed E-state index contributed by atoms with van der Waals surface area (Å²) < 4.78 is -0.180. The molecule has 0 saturated carbocycles. The van der Waals surface area contributed by atoms with Gasteiger partial charge in [-0.2, -0.15) is 0 Å². The molecule has 1 unspecified atom stereocenters. The Kier molecular flexibility index (Phi) is 4.67. The van der Waals surface area contributed by atoms with Crippen LogP contribution in [0, 0.1) is 0 Å². The molecule has 10 heavy (non-hydrogen) atoms. The van der Waals surface area contributed by atoms with Crippen LogP contribution in [0.4, 0.5) is 4.79 Å². The van der Waals surface area contributed by atoms with Crippen LogP contribution in [0.25, 0.3) is 0 Å². The molecule has 0 aliphatic carbocycles. The Hall–Kier alpha value is -0.0700. The monoisotopic (exact) mass is 182 g/mol. The van der Waals surface area contributed by atoms with Crippen molar-refractivity contribution in [1.82, 2.24) is 10.4 Å². The number of nitrogens with one attached hydrogen (secondary N) is 1. The average molecular weight is 182 g/mol. The first kappa shape index (κ1) is 9.93. The highest BCUT2D eigenvalue weighted by Gasteiger charge is 2.07. The van der Waals surface area contributed by atoms with Crippen molar-refractivity contribution in [2.24, 2.45) is 0 Å². The minimum Gasteiger partial charge on any atom is -0.464 e. The van der Waals surface area contributed by atoms with Crippen molar-refractivity contribution >= 4 is 30.5 Å². The summed E-state index contributed by atoms with van der Waals surface area (Å²) in [5, 5.41) is 9.31. The van der Waals surface area contributed by atoms with Gasteiger partial charge < -0.3 is 5.11 Å². The van der Waals surface area contributed by atoms with Gasteiger partial charge in [-0.3, -0.25) is 0 Å². The second-order valence-corrected chi connectivity index (χ2v) is 3.37. The van der Waals surface area contributed by atoms with Gasteiger partial charge in [0.1, 0.15) is 4.71 Å². The topological polar surface area (TPSA) is 52.6 Å². The van der Waals surface area contributed by atoms with Crippen molar-refractivity contribution in [3.63, 3.8) is 0 Å². The van der Waals surface area contributed by atoms with Crippen molar-refractivity contribution in [3.8, 4) is 0 Å². The molecule has 0 aliphatic heterocycles. The van der Waals surface area contributed by atoms with Crippen molar-refractivity contribution < 1.29 is 9.90 Å². The molecule has 0 aromatic carbocycles. The molecule has 0 fully saturated rings. The molecule has 0 spiro atoms. The Bertz CT molecular complexity index is 122. The van der Waals surface area contributed by atoms with Crippen molar-refractivity contribution in [2.45, 2.75) is 4.71 Å². The lowest BCUT2D eigenvalue weighted by atomic mass is 11.0. The molecule has 1 amide bonds. The van der Waals surface area contributed by atoms with E-state index < -0.39 is 6.09 Å². The number of hydrazine groups is 1. The van der Waals surface area contributed by atoms with E-state index in [0.717, 1.165) is 5.01 Å². The summed E-state index contributed by atoms with van der Waals surface area (Å²) >= 11 is 5.43. The molecule has 0 heterocycles. The molecule has 0 bridgehead atoms. The molecule has 0 aromatic rings. The number of hydrogen-bond donors (Lipinski definition) is 3. The highest BCUT2D eigenvalue weighted by Crippen LogP contribution is 2.06. The number of carbonyl (C=O) groups is 1. The van der Waals surface area contributed by atoms with Gasteiger partial charge in [0.25, 0.3) is 0 Å². The summed E-state index contributed by atoms with van der Waals surface area (Å²) in [4.78, 5) is 10.2. The first-order valence-corrected chi connectivity index (χ1v) is 4.32. The maximum Gasteiger partial charge on any atom is 0.421 e. The SMILES string of the molecule is CSC(S)NN(C)C(=O)O. The lowest BCUT2D eigenvalue weighted by molar-refractivity contribution is 0.138. The number of nitrogens with zero attached hydrogens (tertiary/aromatic N) is 1. The minimum absolute atomic E-state index is 0.180. The summed E-state index contributed by atoms with van der Waals surface area (Å²) in [5.74, 6) is 0. The van der Waals surface area contributed by atoms with E-state index in [4.69, 9.17) is 5.11 Å². The van der Waals surface area contributed by atoms with Crippen molar-refractivity contribution in [1.29, 1.82) is 0 Å². The smallest absolute Gasteiger partial charge is 0.421 e. The van der Waals surface area contributed by atoms with Gasteiger partial charge in [0.15, 0.2) is 0 Å². The molecule has 6 heteroatoms. The van der Waals surface area contributed by atoms with Crippen LogP contribution in [0.15, 0.2) is 0 Å². The second kappa shape index (κ2) is 4.70. The third-order valence-corrected chi connectivity index (χ3v) is 2.11. The van der Waals surface area contributed by atoms with Crippen LogP contribution in [0.1, 0.15) is 0 Å². The van der Waals surface area contributed by atoms with Gasteiger partial charge in [-0.25, -0.2) is 15.2 Å². The lowest BCUT2D eigenvalue weighted by Crippen LogP contribution is -2.41. The van der Waals surface area contributed by atoms with E-state index in [9.17, 15) is 4.79 Å². The standard InChI is InChI=1S/C4H10N2O2S2/c1-6(4(7)8)5-3(9)10-2/h3,5,9H,1-2H3,(H,7,8). The molecule has 4 nitrogen and oxygen atoms in total. The highest BCUT2D eigenvalue weighted by atomic mass is 32.2. The molecule has 2 N–H and O–H groups in total. The molecular formula is C4H10N2O2S2. The van der Waals surface area contributed by atoms with Gasteiger partial charge in [-0.05, 0) is 6.26 Å². The molecule has 1 atom stereocenters. The van der Waals surface area contributed by atoms with Crippen LogP contribution in [0.3, 0.4) is 0 Å². The van der Waals surface area contributed by atoms with E-state index in [1.165, 1.54) is 18.8 Å². The minimum atomic E-state index is -1.02. The summed E-state index contributed by atoms with van der Waals surface area (Å²) in [7, 11) is 1.42. The summed E-state index contributed by atoms with van der Waals surface area (Å²) in [6, 6.07) is 0. The Balaban J connectivity index is 3.56. The van der Waals surface area contributed by atoms with Crippen molar-refractivity contribution in [2.75, 3.05) is 13.3 Å². The Morgan fingerprint density at radius 1 is 1.90 bits per heavy atom. The van der Waals surface area contributed by atoms with Crippen LogP contribution in [-0.2, 0) is 0 Å². The quantitative estimate of drug-likeness (QED) is 0.341. The van der Waals surface area contributed by atoms with E-state index >= 15 is 0 Å². The third kappa shape index (κ3) is 3.86. The number of thiol groups is 1. The second-order valence-electron chi connectivity index (χ2n) is 1.56. The van der Waals surface area contributed by atoms with Gasteiger partial charge in [0.05, 0.1) is 0 Å². The molecule has 0 rings (SSSR count). The first-order valence-electron chi connectivity index (χ1n) is 2.51. The van der Waals surface area contributed by atoms with Gasteiger partial charge >= 0.3 is 6.09 Å². The predicted octanol–water partition coefficient (Wildman–Crippen LogP) is 0.677. The molecule has 0 radical (unpaired) electrons. The normalized spacial score (nSPS) is 12.7. The fraction of sp³-hybridized carbons (Fsp3) is 0.750. The van der Waals surface area contributed by atoms with E-state index in [1.54, 1.807) is 0 Å². The zero-order valence-corrected chi connectivity index (χ0v) is 7.45. The Morgan fingerprint density at radius 2 is 2.40 bits per heavy atom. The van der Waals surface area contributed by atoms with Gasteiger partial charge in [0, 0.05) is 7.05 Å². The lowest BCUT2D eigenvalue weighted by Gasteiger charge is -2.17. The number of rotatable bonds is 3. The number of thioether (sulfide) groups is 1. The highest BCUT2D eigenvalue weighted by molar-refractivity contribution is 8.09. The van der Waals surface area contributed by atoms with Crippen LogP contribution >= 0.6 is 24.4 Å². The summed E-state index contributed by atoms with van der Waals surface area (Å²) in [6.45, 7) is 0. The average Bonchev–Trinajstić information content (AvgIpc) is 1.87. The zero-order chi connectivity index (χ0) is 8.15. The number of carboxylic acid groups (broad SMARTS) is 1. The van der Waals surface area contributed by atoms with Gasteiger partial charge in [-0.1, -0.05) is 0 Å². The van der Waals surface area contributed by atoms with Gasteiger partial charge in [0.2, 0.25) is 0 Å². The molecule has 0 aromatic heterocycles. The number of amides is 1. The van der Waals surface area contributed by atoms with Crippen LogP contribution in [-0.4, -0.2) is 34.2 Å². The maximum atomic E-state index is 10.2. The predicted molar refractivity (Wildman–Crippen MR) is 45.2 cm³/mol. The van der Waals surface area contributed by atoms with E-state index in [0.29, 0.717) is 0 Å². The van der Waals surface area contributed by atoms with Crippen molar-refractivity contribution in [3.05, 3.63) is 0 Å². The van der Waals surface area contributed by atoms with E-state index in [2.05, 4.69) is 18.1 Å². The summed E-state index contributed by atoms with van der Waals surface area (Å²) in [6.07, 6.45) is 0.813. The fourth-order valence-corrected chi connectivity index (χ4v) is 0.710. The van der Waals surface area contributed by atoms with E-state index in [-0.39, 0.29) is 4.71 Å². The fourth-order valence-electron chi connectivity index (χ4n) is 0.274. The van der Waals surface area contributed by atoms with E-state index in [1.807, 2.05) is 6.26 Å². The number of hydrogen-bond acceptors (Lipinski definition) is 4. The Morgan fingerprint density at radius 3 is 2.70 bits per heavy atom. The molecule has 0 saturated heterocycles. The molecule has 0 aliphatic rings. The molecular weight excluding hydrogens is 172 g/mol. The maximum absolute atomic E-state index is 10.2. The van der Waals surface area contributed by atoms with Crippen LogP contribution < -0.4 is 5.43 Å². The first-order chi connectivity index (χ1) is 4.57. The largest absolute Gasteiger partial charge is 0.464 e. The van der Waals surface area contributed by atoms with Crippen LogP contribution in [0.2, 0.25) is 0 Å². The Labute approximate surface area is 69.3 Å².